The first kappa shape index (κ1) is 12.1. The number of hydrogen-bond acceptors (Lipinski definition) is 3. The Hall–Kier alpha value is -2.36. The number of benzene rings is 1. The maximum atomic E-state index is 11.2. The van der Waals surface area contributed by atoms with Crippen LogP contribution in [0.15, 0.2) is 54.3 Å². The number of dihydropyridines is 1. The number of hydrogen-bond donors (Lipinski definition) is 2. The van der Waals surface area contributed by atoms with Crippen molar-refractivity contribution in [1.82, 2.24) is 5.32 Å². The monoisotopic (exact) mass is 243 g/mol. The van der Waals surface area contributed by atoms with E-state index in [2.05, 4.69) is 5.32 Å². The van der Waals surface area contributed by atoms with Crippen LogP contribution in [0.1, 0.15) is 11.5 Å². The minimum Gasteiger partial charge on any atom is -0.478 e. The molecule has 0 spiro atoms. The molecule has 1 heterocycles. The normalized spacial score (nSPS) is 19.6. The van der Waals surface area contributed by atoms with E-state index in [4.69, 9.17) is 5.11 Å². The van der Waals surface area contributed by atoms with Gasteiger partial charge in [-0.2, -0.15) is 0 Å². The average molecular weight is 243 g/mol. The lowest BCUT2D eigenvalue weighted by atomic mass is 9.91. The van der Waals surface area contributed by atoms with E-state index in [-0.39, 0.29) is 17.5 Å². The molecule has 0 saturated carbocycles. The number of carboxylic acids is 1. The van der Waals surface area contributed by atoms with Crippen molar-refractivity contribution in [3.05, 3.63) is 59.8 Å². The summed E-state index contributed by atoms with van der Waals surface area (Å²) in [5.41, 5.74) is 1.09. The highest BCUT2D eigenvalue weighted by Crippen LogP contribution is 2.20. The van der Waals surface area contributed by atoms with E-state index < -0.39 is 5.97 Å². The third-order valence-electron chi connectivity index (χ3n) is 2.88. The van der Waals surface area contributed by atoms with E-state index >= 15 is 0 Å². The molecular formula is C14H13NO3. The van der Waals surface area contributed by atoms with Gasteiger partial charge in [0.1, 0.15) is 6.29 Å². The highest BCUT2D eigenvalue weighted by Gasteiger charge is 2.22. The van der Waals surface area contributed by atoms with Crippen molar-refractivity contribution in [3.63, 3.8) is 0 Å². The van der Waals surface area contributed by atoms with E-state index in [9.17, 15) is 9.59 Å². The number of aldehydes is 1. The topological polar surface area (TPSA) is 66.4 Å². The van der Waals surface area contributed by atoms with Crippen molar-refractivity contribution in [1.29, 1.82) is 0 Å². The van der Waals surface area contributed by atoms with E-state index in [1.807, 2.05) is 30.3 Å². The van der Waals surface area contributed by atoms with Gasteiger partial charge in [0.05, 0.1) is 17.5 Å². The summed E-state index contributed by atoms with van der Waals surface area (Å²) in [5, 5.41) is 11.7. The molecule has 2 rings (SSSR count). The molecule has 2 N–H and O–H groups in total. The molecule has 2 atom stereocenters. The Morgan fingerprint density at radius 1 is 1.33 bits per heavy atom. The van der Waals surface area contributed by atoms with Gasteiger partial charge < -0.3 is 15.2 Å². The molecule has 0 saturated heterocycles. The van der Waals surface area contributed by atoms with Crippen LogP contribution in [-0.4, -0.2) is 23.4 Å². The molecule has 1 aromatic rings. The third kappa shape index (κ3) is 2.48. The van der Waals surface area contributed by atoms with Crippen LogP contribution in [0.4, 0.5) is 0 Å². The Bertz CT molecular complexity index is 505. The second kappa shape index (κ2) is 5.31. The minimum atomic E-state index is -0.987. The van der Waals surface area contributed by atoms with E-state index in [0.717, 1.165) is 11.8 Å². The summed E-state index contributed by atoms with van der Waals surface area (Å²) in [6.45, 7) is 0. The van der Waals surface area contributed by atoms with E-state index in [0.29, 0.717) is 0 Å². The van der Waals surface area contributed by atoms with Gasteiger partial charge in [-0.1, -0.05) is 36.4 Å². The molecule has 1 aromatic carbocycles. The van der Waals surface area contributed by atoms with Crippen molar-refractivity contribution < 1.29 is 14.7 Å². The predicted molar refractivity (Wildman–Crippen MR) is 67.0 cm³/mol. The zero-order chi connectivity index (χ0) is 13.0. The standard InChI is InChI=1S/C14H13NO3/c16-9-12(10-4-2-1-3-5-10)13-7-6-11(8-15-13)14(17)18/h1-9,12-13,15H,(H,17,18). The summed E-state index contributed by atoms with van der Waals surface area (Å²) in [6, 6.07) is 9.18. The zero-order valence-electron chi connectivity index (χ0n) is 9.61. The molecular weight excluding hydrogens is 230 g/mol. The highest BCUT2D eigenvalue weighted by atomic mass is 16.4. The molecule has 0 aliphatic carbocycles. The number of carbonyl (C=O) groups is 2. The van der Waals surface area contributed by atoms with Crippen LogP contribution in [-0.2, 0) is 9.59 Å². The number of carbonyl (C=O) groups excluding carboxylic acids is 1. The van der Waals surface area contributed by atoms with Crippen LogP contribution in [0.3, 0.4) is 0 Å². The molecule has 4 heteroatoms. The predicted octanol–water partition coefficient (Wildman–Crippen LogP) is 1.47. The van der Waals surface area contributed by atoms with Gasteiger partial charge in [0.25, 0.3) is 0 Å². The molecule has 2 unspecified atom stereocenters. The fraction of sp³-hybridized carbons (Fsp3) is 0.143. The SMILES string of the molecule is O=CC(c1ccccc1)C1C=CC(C(=O)O)=CN1. The Labute approximate surface area is 105 Å². The summed E-state index contributed by atoms with van der Waals surface area (Å²) < 4.78 is 0. The van der Waals surface area contributed by atoms with Gasteiger partial charge in [-0.25, -0.2) is 4.79 Å². The first-order valence-corrected chi connectivity index (χ1v) is 5.60. The first-order valence-electron chi connectivity index (χ1n) is 5.60. The number of nitrogens with one attached hydrogen (secondary N) is 1. The Balaban J connectivity index is 2.16. The van der Waals surface area contributed by atoms with E-state index in [1.165, 1.54) is 12.3 Å². The maximum absolute atomic E-state index is 11.2. The van der Waals surface area contributed by atoms with Gasteiger partial charge in [-0.15, -0.1) is 0 Å². The van der Waals surface area contributed by atoms with E-state index in [1.54, 1.807) is 6.08 Å². The smallest absolute Gasteiger partial charge is 0.337 e. The van der Waals surface area contributed by atoms with Gasteiger partial charge >= 0.3 is 5.97 Å². The number of rotatable bonds is 4. The molecule has 92 valence electrons. The van der Waals surface area contributed by atoms with Crippen molar-refractivity contribution in [2.24, 2.45) is 0 Å². The van der Waals surface area contributed by atoms with Gasteiger partial charge in [0.2, 0.25) is 0 Å². The molecule has 0 aromatic heterocycles. The summed E-state index contributed by atoms with van der Waals surface area (Å²) >= 11 is 0. The van der Waals surface area contributed by atoms with Crippen molar-refractivity contribution >= 4 is 12.3 Å². The van der Waals surface area contributed by atoms with Crippen LogP contribution < -0.4 is 5.32 Å². The molecule has 4 nitrogen and oxygen atoms in total. The fourth-order valence-corrected chi connectivity index (χ4v) is 1.90. The molecule has 0 fully saturated rings. The summed E-state index contributed by atoms with van der Waals surface area (Å²) in [7, 11) is 0. The van der Waals surface area contributed by atoms with Crippen molar-refractivity contribution in [2.75, 3.05) is 0 Å². The average Bonchev–Trinajstić information content (AvgIpc) is 2.41. The van der Waals surface area contributed by atoms with Crippen LogP contribution in [0.5, 0.6) is 0 Å². The molecule has 0 amide bonds. The Morgan fingerprint density at radius 2 is 2.06 bits per heavy atom. The van der Waals surface area contributed by atoms with Crippen LogP contribution >= 0.6 is 0 Å². The largest absolute Gasteiger partial charge is 0.478 e. The maximum Gasteiger partial charge on any atom is 0.337 e. The lowest BCUT2D eigenvalue weighted by Crippen LogP contribution is -2.33. The van der Waals surface area contributed by atoms with Crippen LogP contribution in [0.25, 0.3) is 0 Å². The Kier molecular flexibility index (Phi) is 3.57. The van der Waals surface area contributed by atoms with Crippen LogP contribution in [0, 0.1) is 0 Å². The lowest BCUT2D eigenvalue weighted by molar-refractivity contribution is -0.132. The Morgan fingerprint density at radius 3 is 2.56 bits per heavy atom. The zero-order valence-corrected chi connectivity index (χ0v) is 9.61. The van der Waals surface area contributed by atoms with Crippen molar-refractivity contribution in [2.45, 2.75) is 12.0 Å². The molecule has 1 aliphatic rings. The van der Waals surface area contributed by atoms with Crippen molar-refractivity contribution in [3.8, 4) is 0 Å². The summed E-state index contributed by atoms with van der Waals surface area (Å²) in [5.74, 6) is -1.31. The minimum absolute atomic E-state index is 0.184. The lowest BCUT2D eigenvalue weighted by Gasteiger charge is -2.23. The fourth-order valence-electron chi connectivity index (χ4n) is 1.90. The van der Waals surface area contributed by atoms with Gasteiger partial charge in [0, 0.05) is 6.20 Å². The van der Waals surface area contributed by atoms with Gasteiger partial charge in [-0.05, 0) is 11.6 Å². The quantitative estimate of drug-likeness (QED) is 0.786. The number of carboxylic acid groups (broad SMARTS) is 1. The second-order valence-electron chi connectivity index (χ2n) is 4.03. The molecule has 18 heavy (non-hydrogen) atoms. The second-order valence-corrected chi connectivity index (χ2v) is 4.03. The molecule has 0 bridgehead atoms. The van der Waals surface area contributed by atoms with Crippen LogP contribution in [0.2, 0.25) is 0 Å². The summed E-state index contributed by atoms with van der Waals surface area (Å²) in [4.78, 5) is 22.0. The third-order valence-corrected chi connectivity index (χ3v) is 2.88. The molecule has 0 radical (unpaired) electrons. The number of aliphatic carboxylic acids is 1. The highest BCUT2D eigenvalue weighted by molar-refractivity contribution is 5.90. The summed E-state index contributed by atoms with van der Waals surface area (Å²) in [6.07, 6.45) is 5.52. The van der Waals surface area contributed by atoms with Gasteiger partial charge in [0.15, 0.2) is 0 Å². The molecule has 1 aliphatic heterocycles. The van der Waals surface area contributed by atoms with Gasteiger partial charge in [-0.3, -0.25) is 0 Å². The first-order chi connectivity index (χ1) is 8.72.